The number of imidazole rings is 1. The number of aromatic nitrogens is 4. The minimum Gasteiger partial charge on any atom is -0.381 e. The summed E-state index contributed by atoms with van der Waals surface area (Å²) in [4.78, 5) is 14.4. The molecule has 2 aromatic heterocycles. The van der Waals surface area contributed by atoms with Gasteiger partial charge in [-0.25, -0.2) is 14.4 Å². The van der Waals surface area contributed by atoms with Crippen LogP contribution >= 0.6 is 0 Å². The van der Waals surface area contributed by atoms with Crippen molar-refractivity contribution in [3.8, 4) is 0 Å². The summed E-state index contributed by atoms with van der Waals surface area (Å²) in [7, 11) is 0. The molecule has 3 aromatic rings. The van der Waals surface area contributed by atoms with Crippen LogP contribution in [0, 0.1) is 5.92 Å². The van der Waals surface area contributed by atoms with Gasteiger partial charge in [0.25, 0.3) is 0 Å². The summed E-state index contributed by atoms with van der Waals surface area (Å²) in [5, 5.41) is 7.01. The van der Waals surface area contributed by atoms with Crippen molar-refractivity contribution in [2.24, 2.45) is 5.92 Å². The SMILES string of the molecule is CC1CCC(n2c(Nc3ccc(CF)cc3)nc3cnc(NC4(C)CCOCC4)nc32)CC1. The van der Waals surface area contributed by atoms with Gasteiger partial charge in [-0.15, -0.1) is 0 Å². The van der Waals surface area contributed by atoms with Crippen molar-refractivity contribution in [3.63, 3.8) is 0 Å². The Morgan fingerprint density at radius 2 is 1.82 bits per heavy atom. The first-order valence-electron chi connectivity index (χ1n) is 12.1. The number of hydrogen-bond donors (Lipinski definition) is 2. The van der Waals surface area contributed by atoms with Gasteiger partial charge in [0.2, 0.25) is 11.9 Å². The summed E-state index contributed by atoms with van der Waals surface area (Å²) < 4.78 is 20.7. The van der Waals surface area contributed by atoms with E-state index < -0.39 is 6.67 Å². The second-order valence-electron chi connectivity index (χ2n) is 9.88. The second-order valence-corrected chi connectivity index (χ2v) is 9.88. The lowest BCUT2D eigenvalue weighted by Gasteiger charge is -2.34. The van der Waals surface area contributed by atoms with Gasteiger partial charge >= 0.3 is 0 Å². The van der Waals surface area contributed by atoms with Crippen molar-refractivity contribution in [2.45, 2.75) is 70.6 Å². The van der Waals surface area contributed by atoms with E-state index in [1.165, 1.54) is 12.8 Å². The molecule has 5 rings (SSSR count). The summed E-state index contributed by atoms with van der Waals surface area (Å²) in [6.07, 6.45) is 8.26. The predicted octanol–water partition coefficient (Wildman–Crippen LogP) is 5.77. The summed E-state index contributed by atoms with van der Waals surface area (Å²) in [5.41, 5.74) is 3.10. The zero-order valence-electron chi connectivity index (χ0n) is 19.5. The zero-order chi connectivity index (χ0) is 22.8. The van der Waals surface area contributed by atoms with Crippen LogP contribution in [0.15, 0.2) is 30.5 Å². The molecule has 0 atom stereocenters. The molecular weight excluding hydrogens is 419 g/mol. The number of rotatable bonds is 6. The number of anilines is 3. The molecule has 1 aliphatic carbocycles. The molecule has 33 heavy (non-hydrogen) atoms. The molecule has 0 radical (unpaired) electrons. The molecule has 0 amide bonds. The molecule has 0 spiro atoms. The van der Waals surface area contributed by atoms with Crippen LogP contribution in [0.4, 0.5) is 22.0 Å². The number of ether oxygens (including phenoxy) is 1. The third kappa shape index (κ3) is 4.81. The molecule has 2 aliphatic rings. The number of halogens is 1. The van der Waals surface area contributed by atoms with Crippen LogP contribution in [0.3, 0.4) is 0 Å². The highest BCUT2D eigenvalue weighted by atomic mass is 19.1. The van der Waals surface area contributed by atoms with Gasteiger partial charge in [-0.05, 0) is 69.1 Å². The average Bonchev–Trinajstić information content (AvgIpc) is 3.17. The van der Waals surface area contributed by atoms with Crippen molar-refractivity contribution in [2.75, 3.05) is 23.8 Å². The highest BCUT2D eigenvalue weighted by Crippen LogP contribution is 2.37. The lowest BCUT2D eigenvalue weighted by Crippen LogP contribution is -2.41. The minimum absolute atomic E-state index is 0.0731. The fourth-order valence-corrected chi connectivity index (χ4v) is 4.91. The Kier molecular flexibility index (Phi) is 6.19. The molecule has 1 aromatic carbocycles. The van der Waals surface area contributed by atoms with Crippen molar-refractivity contribution in [1.29, 1.82) is 0 Å². The molecule has 2 N–H and O–H groups in total. The lowest BCUT2D eigenvalue weighted by atomic mass is 9.87. The molecule has 0 unspecified atom stereocenters. The quantitative estimate of drug-likeness (QED) is 0.494. The first kappa shape index (κ1) is 22.1. The first-order valence-corrected chi connectivity index (χ1v) is 12.1. The average molecular weight is 453 g/mol. The van der Waals surface area contributed by atoms with Gasteiger partial charge in [-0.1, -0.05) is 19.1 Å². The third-order valence-corrected chi connectivity index (χ3v) is 7.16. The third-order valence-electron chi connectivity index (χ3n) is 7.16. The number of fused-ring (bicyclic) bond motifs is 1. The Bertz CT molecular complexity index is 1080. The summed E-state index contributed by atoms with van der Waals surface area (Å²) in [5.74, 6) is 2.15. The molecule has 8 heteroatoms. The highest BCUT2D eigenvalue weighted by molar-refractivity contribution is 5.76. The van der Waals surface area contributed by atoms with Gasteiger partial charge in [0, 0.05) is 30.5 Å². The predicted molar refractivity (Wildman–Crippen MR) is 129 cm³/mol. The Balaban J connectivity index is 1.50. The summed E-state index contributed by atoms with van der Waals surface area (Å²) in [6, 6.07) is 7.72. The molecule has 1 saturated carbocycles. The van der Waals surface area contributed by atoms with E-state index in [9.17, 15) is 4.39 Å². The highest BCUT2D eigenvalue weighted by Gasteiger charge is 2.29. The maximum atomic E-state index is 12.9. The Labute approximate surface area is 194 Å². The normalized spacial score (nSPS) is 22.9. The molecule has 1 aliphatic heterocycles. The molecule has 176 valence electrons. The maximum Gasteiger partial charge on any atom is 0.225 e. The Morgan fingerprint density at radius 3 is 2.52 bits per heavy atom. The molecule has 2 fully saturated rings. The number of nitrogens with one attached hydrogen (secondary N) is 2. The number of alkyl halides is 1. The smallest absolute Gasteiger partial charge is 0.225 e. The van der Waals surface area contributed by atoms with Crippen LogP contribution < -0.4 is 10.6 Å². The largest absolute Gasteiger partial charge is 0.381 e. The summed E-state index contributed by atoms with van der Waals surface area (Å²) in [6.45, 7) is 5.57. The van der Waals surface area contributed by atoms with Crippen LogP contribution in [0.5, 0.6) is 0 Å². The lowest BCUT2D eigenvalue weighted by molar-refractivity contribution is 0.0656. The van der Waals surface area contributed by atoms with E-state index in [0.717, 1.165) is 67.6 Å². The topological polar surface area (TPSA) is 76.9 Å². The fraction of sp³-hybridized carbons (Fsp3) is 0.560. The van der Waals surface area contributed by atoms with E-state index >= 15 is 0 Å². The van der Waals surface area contributed by atoms with Crippen molar-refractivity contribution in [1.82, 2.24) is 19.5 Å². The Morgan fingerprint density at radius 1 is 1.09 bits per heavy atom. The van der Waals surface area contributed by atoms with E-state index in [1.807, 2.05) is 18.3 Å². The molecule has 1 saturated heterocycles. The number of nitrogens with zero attached hydrogens (tertiary/aromatic N) is 4. The van der Waals surface area contributed by atoms with E-state index in [1.54, 1.807) is 12.1 Å². The van der Waals surface area contributed by atoms with Gasteiger partial charge in [-0.3, -0.25) is 4.57 Å². The van der Waals surface area contributed by atoms with Crippen LogP contribution in [0.25, 0.3) is 11.2 Å². The van der Waals surface area contributed by atoms with Crippen molar-refractivity contribution < 1.29 is 9.13 Å². The van der Waals surface area contributed by atoms with Crippen LogP contribution in [0.2, 0.25) is 0 Å². The number of hydrogen-bond acceptors (Lipinski definition) is 6. The molecular formula is C25H33FN6O. The van der Waals surface area contributed by atoms with E-state index in [-0.39, 0.29) is 5.54 Å². The van der Waals surface area contributed by atoms with Crippen LogP contribution in [-0.2, 0) is 11.4 Å². The minimum atomic E-state index is -0.463. The van der Waals surface area contributed by atoms with Crippen LogP contribution in [0.1, 0.15) is 64.0 Å². The maximum absolute atomic E-state index is 12.9. The van der Waals surface area contributed by atoms with Crippen LogP contribution in [-0.4, -0.2) is 38.3 Å². The van der Waals surface area contributed by atoms with Gasteiger partial charge in [0.1, 0.15) is 12.2 Å². The fourth-order valence-electron chi connectivity index (χ4n) is 4.91. The van der Waals surface area contributed by atoms with Gasteiger partial charge in [-0.2, -0.15) is 4.98 Å². The van der Waals surface area contributed by atoms with Gasteiger partial charge in [0.15, 0.2) is 5.65 Å². The molecule has 3 heterocycles. The van der Waals surface area contributed by atoms with Gasteiger partial charge in [0.05, 0.1) is 6.20 Å². The Hall–Kier alpha value is -2.74. The molecule has 0 bridgehead atoms. The first-order chi connectivity index (χ1) is 16.0. The van der Waals surface area contributed by atoms with E-state index in [4.69, 9.17) is 14.7 Å². The van der Waals surface area contributed by atoms with Gasteiger partial charge < -0.3 is 15.4 Å². The van der Waals surface area contributed by atoms with Crippen molar-refractivity contribution >= 4 is 28.7 Å². The van der Waals surface area contributed by atoms with Crippen molar-refractivity contribution in [3.05, 3.63) is 36.0 Å². The standard InChI is InChI=1S/C25H33FN6O/c1-17-3-9-20(10-4-17)32-22-21(29-24(32)28-19-7-5-18(15-26)6-8-19)16-27-23(30-22)31-25(2)11-13-33-14-12-25/h5-8,16-17,20H,3-4,9-15H2,1-2H3,(H,28,29)(H,27,30,31). The monoisotopic (exact) mass is 452 g/mol. The molecule has 7 nitrogen and oxygen atoms in total. The number of benzene rings is 1. The van der Waals surface area contributed by atoms with E-state index in [0.29, 0.717) is 17.6 Å². The zero-order valence-corrected chi connectivity index (χ0v) is 19.5. The second kappa shape index (κ2) is 9.25. The summed E-state index contributed by atoms with van der Waals surface area (Å²) >= 11 is 0. The van der Waals surface area contributed by atoms with E-state index in [2.05, 4.69) is 34.0 Å².